The van der Waals surface area contributed by atoms with Crippen molar-refractivity contribution >= 4 is 23.0 Å². The largest absolute Gasteiger partial charge is 0.341 e. The molecule has 0 aliphatic heterocycles. The molecule has 4 nitrogen and oxygen atoms in total. The first-order valence-electron chi connectivity index (χ1n) is 8.72. The summed E-state index contributed by atoms with van der Waals surface area (Å²) in [5.74, 6) is 0. The van der Waals surface area contributed by atoms with Gasteiger partial charge in [0, 0.05) is 31.2 Å². The van der Waals surface area contributed by atoms with E-state index in [-0.39, 0.29) is 6.04 Å². The molecule has 0 saturated heterocycles. The molecular weight excluding hydrogens is 328 g/mol. The van der Waals surface area contributed by atoms with Crippen LogP contribution in [0, 0.1) is 0 Å². The van der Waals surface area contributed by atoms with E-state index in [0.29, 0.717) is 0 Å². The van der Waals surface area contributed by atoms with Crippen molar-refractivity contribution in [3.8, 4) is 0 Å². The number of thiocarbonyl (C=S) groups is 1. The Morgan fingerprint density at radius 2 is 1.88 bits per heavy atom. The fraction of sp³-hybridized carbons (Fsp3) is 0.400. The van der Waals surface area contributed by atoms with Crippen LogP contribution in [0.25, 0.3) is 0 Å². The van der Waals surface area contributed by atoms with Crippen molar-refractivity contribution in [3.63, 3.8) is 0 Å². The van der Waals surface area contributed by atoms with Gasteiger partial charge in [0.25, 0.3) is 0 Å². The van der Waals surface area contributed by atoms with Crippen LogP contribution in [-0.4, -0.2) is 47.1 Å². The van der Waals surface area contributed by atoms with Crippen LogP contribution in [0.4, 0.5) is 5.69 Å². The Morgan fingerprint density at radius 3 is 2.52 bits per heavy atom. The molecule has 0 bridgehead atoms. The molecule has 0 aliphatic carbocycles. The summed E-state index contributed by atoms with van der Waals surface area (Å²) in [7, 11) is 4.16. The predicted octanol–water partition coefficient (Wildman–Crippen LogP) is 3.97. The molecule has 1 heterocycles. The zero-order valence-corrected chi connectivity index (χ0v) is 16.4. The number of aryl methyl sites for hydroxylation is 1. The van der Waals surface area contributed by atoms with Crippen LogP contribution in [0.5, 0.6) is 0 Å². The van der Waals surface area contributed by atoms with Gasteiger partial charge >= 0.3 is 0 Å². The van der Waals surface area contributed by atoms with Crippen molar-refractivity contribution in [1.82, 2.24) is 14.8 Å². The summed E-state index contributed by atoms with van der Waals surface area (Å²) < 4.78 is 0. The van der Waals surface area contributed by atoms with Gasteiger partial charge in [-0.05, 0) is 75.1 Å². The molecule has 0 spiro atoms. The van der Waals surface area contributed by atoms with E-state index in [9.17, 15) is 0 Å². The van der Waals surface area contributed by atoms with Crippen molar-refractivity contribution in [2.75, 3.05) is 32.5 Å². The highest BCUT2D eigenvalue weighted by molar-refractivity contribution is 7.80. The Hall–Kier alpha value is -1.98. The summed E-state index contributed by atoms with van der Waals surface area (Å²) in [6.45, 7) is 6.13. The fourth-order valence-electron chi connectivity index (χ4n) is 2.66. The first-order chi connectivity index (χ1) is 12.0. The maximum Gasteiger partial charge on any atom is 0.173 e. The third-order valence-electron chi connectivity index (χ3n) is 4.29. The van der Waals surface area contributed by atoms with E-state index in [1.807, 2.05) is 24.5 Å². The summed E-state index contributed by atoms with van der Waals surface area (Å²) in [5, 5.41) is 4.16. The molecule has 134 valence electrons. The van der Waals surface area contributed by atoms with Crippen molar-refractivity contribution in [2.45, 2.75) is 26.3 Å². The van der Waals surface area contributed by atoms with E-state index < -0.39 is 0 Å². The first-order valence-corrected chi connectivity index (χ1v) is 9.13. The van der Waals surface area contributed by atoms with Gasteiger partial charge in [-0.3, -0.25) is 4.98 Å². The summed E-state index contributed by atoms with van der Waals surface area (Å²) in [5.41, 5.74) is 3.55. The van der Waals surface area contributed by atoms with Crippen LogP contribution >= 0.6 is 12.2 Å². The van der Waals surface area contributed by atoms with Gasteiger partial charge in [-0.2, -0.15) is 0 Å². The maximum atomic E-state index is 5.75. The zero-order chi connectivity index (χ0) is 18.2. The molecule has 1 N–H and O–H groups in total. The molecule has 2 aromatic rings. The lowest BCUT2D eigenvalue weighted by Crippen LogP contribution is -2.40. The van der Waals surface area contributed by atoms with Crippen molar-refractivity contribution < 1.29 is 0 Å². The Morgan fingerprint density at radius 1 is 1.16 bits per heavy atom. The van der Waals surface area contributed by atoms with Gasteiger partial charge in [0.1, 0.15) is 0 Å². The van der Waals surface area contributed by atoms with Crippen molar-refractivity contribution in [2.24, 2.45) is 0 Å². The van der Waals surface area contributed by atoms with Crippen LogP contribution < -0.4 is 5.32 Å². The van der Waals surface area contributed by atoms with Gasteiger partial charge in [0.15, 0.2) is 5.11 Å². The van der Waals surface area contributed by atoms with Gasteiger partial charge in [-0.15, -0.1) is 0 Å². The Bertz CT molecular complexity index is 672. The Balaban J connectivity index is 2.17. The molecular formula is C20H28N4S. The fourth-order valence-corrected chi connectivity index (χ4v) is 3.03. The molecule has 0 fully saturated rings. The minimum atomic E-state index is 0.178. The van der Waals surface area contributed by atoms with E-state index in [1.54, 1.807) is 0 Å². The molecule has 0 radical (unpaired) electrons. The maximum absolute atomic E-state index is 5.75. The van der Waals surface area contributed by atoms with Gasteiger partial charge in [-0.25, -0.2) is 0 Å². The van der Waals surface area contributed by atoms with E-state index >= 15 is 0 Å². The molecule has 2 rings (SSSR count). The lowest BCUT2D eigenvalue weighted by atomic mass is 10.1. The summed E-state index contributed by atoms with van der Waals surface area (Å²) in [6.07, 6.45) is 4.67. The molecule has 1 aromatic heterocycles. The van der Waals surface area contributed by atoms with E-state index in [1.165, 1.54) is 11.1 Å². The van der Waals surface area contributed by atoms with E-state index in [4.69, 9.17) is 12.2 Å². The lowest BCUT2D eigenvalue weighted by Gasteiger charge is -2.33. The predicted molar refractivity (Wildman–Crippen MR) is 110 cm³/mol. The summed E-state index contributed by atoms with van der Waals surface area (Å²) in [4.78, 5) is 8.53. The lowest BCUT2D eigenvalue weighted by molar-refractivity contribution is 0.289. The number of nitrogens with zero attached hydrogens (tertiary/aromatic N) is 3. The molecule has 0 amide bonds. The Labute approximate surface area is 156 Å². The number of hydrogen-bond donors (Lipinski definition) is 1. The van der Waals surface area contributed by atoms with Crippen LogP contribution in [0.1, 0.15) is 31.0 Å². The highest BCUT2D eigenvalue weighted by Gasteiger charge is 2.19. The molecule has 1 aromatic carbocycles. The second-order valence-corrected chi connectivity index (χ2v) is 6.82. The number of anilines is 1. The van der Waals surface area contributed by atoms with E-state index in [2.05, 4.69) is 72.3 Å². The SMILES string of the molecule is CCc1cccc(NC(=S)N(CCN(C)C)[C@H](C)c2ccncc2)c1. The molecule has 5 heteroatoms. The Kier molecular flexibility index (Phi) is 7.34. The van der Waals surface area contributed by atoms with Crippen LogP contribution in [0.3, 0.4) is 0 Å². The van der Waals surface area contributed by atoms with Crippen LogP contribution in [-0.2, 0) is 6.42 Å². The first kappa shape index (κ1) is 19.3. The topological polar surface area (TPSA) is 31.4 Å². The number of rotatable bonds is 7. The third kappa shape index (κ3) is 5.80. The molecule has 0 aliphatic rings. The van der Waals surface area contributed by atoms with Crippen molar-refractivity contribution in [3.05, 3.63) is 59.9 Å². The summed E-state index contributed by atoms with van der Waals surface area (Å²) >= 11 is 5.75. The average Bonchev–Trinajstić information content (AvgIpc) is 2.62. The average molecular weight is 357 g/mol. The van der Waals surface area contributed by atoms with Gasteiger partial charge in [-0.1, -0.05) is 19.1 Å². The molecule has 25 heavy (non-hydrogen) atoms. The number of benzene rings is 1. The van der Waals surface area contributed by atoms with Crippen LogP contribution in [0.15, 0.2) is 48.8 Å². The van der Waals surface area contributed by atoms with Crippen molar-refractivity contribution in [1.29, 1.82) is 0 Å². The molecule has 0 saturated carbocycles. The highest BCUT2D eigenvalue weighted by Crippen LogP contribution is 2.21. The zero-order valence-electron chi connectivity index (χ0n) is 15.6. The second kappa shape index (κ2) is 9.49. The monoisotopic (exact) mass is 356 g/mol. The number of hydrogen-bond acceptors (Lipinski definition) is 3. The number of nitrogens with one attached hydrogen (secondary N) is 1. The quantitative estimate of drug-likeness (QED) is 0.759. The normalized spacial score (nSPS) is 12.0. The minimum Gasteiger partial charge on any atom is -0.341 e. The highest BCUT2D eigenvalue weighted by atomic mass is 32.1. The summed E-state index contributed by atoms with van der Waals surface area (Å²) in [6, 6.07) is 12.7. The second-order valence-electron chi connectivity index (χ2n) is 6.44. The minimum absolute atomic E-state index is 0.178. The van der Waals surface area contributed by atoms with Gasteiger partial charge < -0.3 is 15.1 Å². The van der Waals surface area contributed by atoms with Gasteiger partial charge in [0.2, 0.25) is 0 Å². The molecule has 1 atom stereocenters. The number of pyridine rings is 1. The van der Waals surface area contributed by atoms with Crippen LogP contribution in [0.2, 0.25) is 0 Å². The molecule has 0 unspecified atom stereocenters. The van der Waals surface area contributed by atoms with Gasteiger partial charge in [0.05, 0.1) is 6.04 Å². The third-order valence-corrected chi connectivity index (χ3v) is 4.63. The number of aromatic nitrogens is 1. The standard InChI is InChI=1S/C20H28N4S/c1-5-17-7-6-8-19(15-17)22-20(25)24(14-13-23(3)4)16(2)18-9-11-21-12-10-18/h6-12,15-16H,5,13-14H2,1-4H3,(H,22,25)/t16-/m1/s1. The van der Waals surface area contributed by atoms with E-state index in [0.717, 1.165) is 30.3 Å². The number of likely N-dealkylation sites (N-methyl/N-ethyl adjacent to an activating group) is 1. The smallest absolute Gasteiger partial charge is 0.173 e.